The zero-order valence-electron chi connectivity index (χ0n) is 15.2. The summed E-state index contributed by atoms with van der Waals surface area (Å²) >= 11 is 0. The molecule has 2 aromatic rings. The Balaban J connectivity index is 1.61. The summed E-state index contributed by atoms with van der Waals surface area (Å²) in [6, 6.07) is 6.73. The van der Waals surface area contributed by atoms with E-state index in [1.807, 2.05) is 17.7 Å². The van der Waals surface area contributed by atoms with Gasteiger partial charge in [-0.05, 0) is 44.0 Å². The van der Waals surface area contributed by atoms with Crippen LogP contribution in [0.4, 0.5) is 10.2 Å². The van der Waals surface area contributed by atoms with E-state index in [2.05, 4.69) is 5.10 Å². The molecule has 1 amide bonds. The van der Waals surface area contributed by atoms with E-state index in [1.165, 1.54) is 16.4 Å². The zero-order valence-corrected chi connectivity index (χ0v) is 16.0. The first-order valence-corrected chi connectivity index (χ1v) is 10.3. The maximum absolute atomic E-state index is 13.1. The van der Waals surface area contributed by atoms with Crippen LogP contribution in [0.3, 0.4) is 0 Å². The molecule has 3 heterocycles. The molecule has 1 saturated heterocycles. The molecule has 1 aromatic heterocycles. The first kappa shape index (κ1) is 18.1. The summed E-state index contributed by atoms with van der Waals surface area (Å²) in [5.74, 6) is 0.286. The highest BCUT2D eigenvalue weighted by atomic mass is 32.2. The van der Waals surface area contributed by atoms with Crippen molar-refractivity contribution in [1.82, 2.24) is 14.1 Å². The molecule has 0 atom stereocenters. The number of anilines is 1. The molecule has 0 unspecified atom stereocenters. The molecular weight excluding hydrogens is 371 g/mol. The number of carbonyl (C=O) groups excluding carboxylic acids is 1. The van der Waals surface area contributed by atoms with Crippen LogP contribution in [-0.4, -0.2) is 48.5 Å². The van der Waals surface area contributed by atoms with Crippen LogP contribution >= 0.6 is 0 Å². The lowest BCUT2D eigenvalue weighted by molar-refractivity contribution is -0.122. The van der Waals surface area contributed by atoms with Crippen LogP contribution in [0.15, 0.2) is 35.2 Å². The predicted octanol–water partition coefficient (Wildman–Crippen LogP) is 1.88. The molecule has 144 valence electrons. The molecule has 0 bridgehead atoms. The first-order chi connectivity index (χ1) is 12.7. The summed E-state index contributed by atoms with van der Waals surface area (Å²) in [5, 5.41) is 4.58. The van der Waals surface area contributed by atoms with Crippen molar-refractivity contribution in [3.05, 3.63) is 41.8 Å². The summed E-state index contributed by atoms with van der Waals surface area (Å²) in [4.78, 5) is 14.2. The topological polar surface area (TPSA) is 75.5 Å². The van der Waals surface area contributed by atoms with E-state index in [9.17, 15) is 17.6 Å². The molecule has 1 spiro atoms. The Morgan fingerprint density at radius 1 is 1.15 bits per heavy atom. The van der Waals surface area contributed by atoms with Gasteiger partial charge in [0.2, 0.25) is 15.9 Å². The van der Waals surface area contributed by atoms with Gasteiger partial charge in [0.15, 0.2) is 0 Å². The van der Waals surface area contributed by atoms with E-state index in [0.29, 0.717) is 19.3 Å². The number of halogens is 1. The number of sulfonamides is 1. The summed E-state index contributed by atoms with van der Waals surface area (Å²) < 4.78 is 42.1. The van der Waals surface area contributed by atoms with Crippen LogP contribution in [0, 0.1) is 12.7 Å². The maximum Gasteiger partial charge on any atom is 0.243 e. The van der Waals surface area contributed by atoms with Gasteiger partial charge < -0.3 is 4.90 Å². The van der Waals surface area contributed by atoms with Gasteiger partial charge in [0.1, 0.15) is 11.6 Å². The molecule has 2 aliphatic heterocycles. The second-order valence-electron chi connectivity index (χ2n) is 7.27. The van der Waals surface area contributed by atoms with E-state index in [1.54, 1.807) is 11.9 Å². The van der Waals surface area contributed by atoms with Crippen molar-refractivity contribution in [2.24, 2.45) is 0 Å². The van der Waals surface area contributed by atoms with Gasteiger partial charge >= 0.3 is 0 Å². The maximum atomic E-state index is 13.1. The highest BCUT2D eigenvalue weighted by Crippen LogP contribution is 2.41. The van der Waals surface area contributed by atoms with E-state index in [0.717, 1.165) is 23.6 Å². The molecule has 2 aliphatic rings. The Morgan fingerprint density at radius 3 is 2.41 bits per heavy atom. The number of aryl methyl sites for hydroxylation is 1. The Hall–Kier alpha value is -2.26. The summed E-state index contributed by atoms with van der Waals surface area (Å²) in [7, 11) is -1.96. The van der Waals surface area contributed by atoms with E-state index in [-0.39, 0.29) is 23.9 Å². The van der Waals surface area contributed by atoms with Gasteiger partial charge in [0.05, 0.1) is 22.5 Å². The third kappa shape index (κ3) is 2.85. The number of carbonyl (C=O) groups is 1. The minimum atomic E-state index is -3.69. The number of aromatic nitrogens is 2. The minimum Gasteiger partial charge on any atom is -0.300 e. The SMILES string of the molecule is Cc1cc2n(n1)C1(CCN(S(=O)(=O)c3ccc(F)cc3)CC1)CC(=O)N2C. The standard InChI is InChI=1S/C18H21FN4O3S/c1-13-11-16-21(2)17(24)12-18(23(16)20-13)7-9-22(10-8-18)27(25,26)15-5-3-14(19)4-6-15/h3-6,11H,7-10,12H2,1-2H3. The van der Waals surface area contributed by atoms with Crippen molar-refractivity contribution >= 4 is 21.7 Å². The second kappa shape index (κ2) is 6.13. The number of rotatable bonds is 2. The summed E-state index contributed by atoms with van der Waals surface area (Å²) in [6.45, 7) is 2.45. The highest BCUT2D eigenvalue weighted by molar-refractivity contribution is 7.89. The van der Waals surface area contributed by atoms with E-state index in [4.69, 9.17) is 0 Å². The minimum absolute atomic E-state index is 0.0113. The average molecular weight is 392 g/mol. The lowest BCUT2D eigenvalue weighted by Gasteiger charge is -2.45. The van der Waals surface area contributed by atoms with Crippen LogP contribution in [-0.2, 0) is 20.4 Å². The number of piperidine rings is 1. The van der Waals surface area contributed by atoms with Crippen LogP contribution in [0.25, 0.3) is 0 Å². The lowest BCUT2D eigenvalue weighted by Crippen LogP contribution is -2.54. The van der Waals surface area contributed by atoms with Crippen LogP contribution < -0.4 is 4.90 Å². The Morgan fingerprint density at radius 2 is 1.78 bits per heavy atom. The van der Waals surface area contributed by atoms with Crippen molar-refractivity contribution in [3.63, 3.8) is 0 Å². The van der Waals surface area contributed by atoms with Gasteiger partial charge in [-0.25, -0.2) is 17.5 Å². The number of hydrogen-bond acceptors (Lipinski definition) is 4. The van der Waals surface area contributed by atoms with Crippen molar-refractivity contribution in [2.45, 2.75) is 36.6 Å². The number of benzene rings is 1. The van der Waals surface area contributed by atoms with Crippen molar-refractivity contribution in [2.75, 3.05) is 25.0 Å². The van der Waals surface area contributed by atoms with Crippen LogP contribution in [0.5, 0.6) is 0 Å². The largest absolute Gasteiger partial charge is 0.300 e. The predicted molar refractivity (Wildman–Crippen MR) is 97.4 cm³/mol. The Bertz CT molecular complexity index is 992. The molecule has 0 aliphatic carbocycles. The Kier molecular flexibility index (Phi) is 4.12. The second-order valence-corrected chi connectivity index (χ2v) is 9.21. The fourth-order valence-electron chi connectivity index (χ4n) is 3.96. The van der Waals surface area contributed by atoms with Gasteiger partial charge in [-0.3, -0.25) is 4.79 Å². The highest BCUT2D eigenvalue weighted by Gasteiger charge is 2.46. The van der Waals surface area contributed by atoms with Crippen LogP contribution in [0.1, 0.15) is 25.0 Å². The molecule has 1 aromatic carbocycles. The van der Waals surface area contributed by atoms with Crippen molar-refractivity contribution in [1.29, 1.82) is 0 Å². The summed E-state index contributed by atoms with van der Waals surface area (Å²) in [5.41, 5.74) is 0.328. The molecule has 0 saturated carbocycles. The van der Waals surface area contributed by atoms with Crippen molar-refractivity contribution < 1.29 is 17.6 Å². The molecule has 9 heteroatoms. The fraction of sp³-hybridized carbons (Fsp3) is 0.444. The smallest absolute Gasteiger partial charge is 0.243 e. The monoisotopic (exact) mass is 392 g/mol. The van der Waals surface area contributed by atoms with Gasteiger partial charge in [-0.1, -0.05) is 0 Å². The lowest BCUT2D eigenvalue weighted by atomic mass is 9.83. The molecule has 7 nitrogen and oxygen atoms in total. The number of hydrogen-bond donors (Lipinski definition) is 0. The van der Waals surface area contributed by atoms with Gasteiger partial charge in [0, 0.05) is 26.2 Å². The molecule has 27 heavy (non-hydrogen) atoms. The zero-order chi connectivity index (χ0) is 19.4. The van der Waals surface area contributed by atoms with Gasteiger partial charge in [0.25, 0.3) is 0 Å². The quantitative estimate of drug-likeness (QED) is 0.782. The van der Waals surface area contributed by atoms with Crippen LogP contribution in [0.2, 0.25) is 0 Å². The normalized spacial score (nSPS) is 20.1. The molecular formula is C18H21FN4O3S. The Labute approximate surface area is 157 Å². The fourth-order valence-corrected chi connectivity index (χ4v) is 5.40. The number of fused-ring (bicyclic) bond motifs is 2. The van der Waals surface area contributed by atoms with E-state index < -0.39 is 21.4 Å². The van der Waals surface area contributed by atoms with E-state index >= 15 is 0 Å². The number of amides is 1. The van der Waals surface area contributed by atoms with Gasteiger partial charge in [-0.15, -0.1) is 0 Å². The number of nitrogens with zero attached hydrogens (tertiary/aromatic N) is 4. The molecule has 4 rings (SSSR count). The average Bonchev–Trinajstić information content (AvgIpc) is 3.04. The van der Waals surface area contributed by atoms with Crippen molar-refractivity contribution in [3.8, 4) is 0 Å². The third-order valence-electron chi connectivity index (χ3n) is 5.56. The molecule has 1 fully saturated rings. The third-order valence-corrected chi connectivity index (χ3v) is 7.48. The molecule has 0 radical (unpaired) electrons. The first-order valence-electron chi connectivity index (χ1n) is 8.82. The summed E-state index contributed by atoms with van der Waals surface area (Å²) in [6.07, 6.45) is 1.31. The van der Waals surface area contributed by atoms with Gasteiger partial charge in [-0.2, -0.15) is 9.40 Å². The molecule has 0 N–H and O–H groups in total.